The molecule has 2 N–H and O–H groups in total. The minimum Gasteiger partial charge on any atom is -0.492 e. The SMILES string of the molecule is CC(N)CC(=O)N(C)CCOc1ccccc1. The van der Waals surface area contributed by atoms with Gasteiger partial charge in [-0.05, 0) is 19.1 Å². The molecular formula is C13H20N2O2. The molecule has 0 radical (unpaired) electrons. The van der Waals surface area contributed by atoms with E-state index in [2.05, 4.69) is 0 Å². The zero-order chi connectivity index (χ0) is 12.7. The summed E-state index contributed by atoms with van der Waals surface area (Å²) >= 11 is 0. The Morgan fingerprint density at radius 2 is 2.06 bits per heavy atom. The Kier molecular flexibility index (Phi) is 5.49. The first-order valence-electron chi connectivity index (χ1n) is 5.77. The van der Waals surface area contributed by atoms with Crippen molar-refractivity contribution in [3.8, 4) is 5.75 Å². The van der Waals surface area contributed by atoms with E-state index in [4.69, 9.17) is 10.5 Å². The van der Waals surface area contributed by atoms with Crippen molar-refractivity contribution in [3.63, 3.8) is 0 Å². The van der Waals surface area contributed by atoms with E-state index in [1.54, 1.807) is 11.9 Å². The first-order valence-corrected chi connectivity index (χ1v) is 5.77. The van der Waals surface area contributed by atoms with Gasteiger partial charge in [0.25, 0.3) is 0 Å². The number of nitrogens with zero attached hydrogens (tertiary/aromatic N) is 1. The highest BCUT2D eigenvalue weighted by atomic mass is 16.5. The van der Waals surface area contributed by atoms with Gasteiger partial charge in [0.1, 0.15) is 12.4 Å². The number of benzene rings is 1. The molecule has 1 rings (SSSR count). The van der Waals surface area contributed by atoms with Crippen LogP contribution >= 0.6 is 0 Å². The highest BCUT2D eigenvalue weighted by Gasteiger charge is 2.10. The molecule has 17 heavy (non-hydrogen) atoms. The van der Waals surface area contributed by atoms with Crippen LogP contribution < -0.4 is 10.5 Å². The molecule has 0 heterocycles. The zero-order valence-corrected chi connectivity index (χ0v) is 10.4. The quantitative estimate of drug-likeness (QED) is 0.809. The first-order chi connectivity index (χ1) is 8.09. The van der Waals surface area contributed by atoms with Gasteiger partial charge in [-0.3, -0.25) is 4.79 Å². The van der Waals surface area contributed by atoms with Crippen molar-refractivity contribution in [1.82, 2.24) is 4.90 Å². The molecule has 0 spiro atoms. The molecule has 0 fully saturated rings. The molecule has 0 aliphatic heterocycles. The van der Waals surface area contributed by atoms with Crippen LogP contribution in [0.1, 0.15) is 13.3 Å². The molecule has 0 aliphatic rings. The largest absolute Gasteiger partial charge is 0.492 e. The molecule has 1 amide bonds. The van der Waals surface area contributed by atoms with E-state index >= 15 is 0 Å². The van der Waals surface area contributed by atoms with Crippen molar-refractivity contribution < 1.29 is 9.53 Å². The van der Waals surface area contributed by atoms with Crippen LogP contribution in [0.3, 0.4) is 0 Å². The van der Waals surface area contributed by atoms with Crippen LogP contribution in [0.5, 0.6) is 5.75 Å². The minimum atomic E-state index is -0.0972. The molecule has 1 atom stereocenters. The normalized spacial score (nSPS) is 11.9. The van der Waals surface area contributed by atoms with E-state index in [9.17, 15) is 4.79 Å². The number of hydrogen-bond donors (Lipinski definition) is 1. The van der Waals surface area contributed by atoms with Crippen molar-refractivity contribution in [2.45, 2.75) is 19.4 Å². The summed E-state index contributed by atoms with van der Waals surface area (Å²) in [6.45, 7) is 2.89. The van der Waals surface area contributed by atoms with Gasteiger partial charge in [-0.15, -0.1) is 0 Å². The third kappa shape index (κ3) is 5.36. The van der Waals surface area contributed by atoms with Crippen molar-refractivity contribution in [3.05, 3.63) is 30.3 Å². The molecule has 4 heteroatoms. The predicted octanol–water partition coefficient (Wildman–Crippen LogP) is 1.26. The van der Waals surface area contributed by atoms with E-state index in [1.165, 1.54) is 0 Å². The Balaban J connectivity index is 2.24. The number of carbonyl (C=O) groups excluding carboxylic acids is 1. The van der Waals surface area contributed by atoms with Crippen LogP contribution in [0.2, 0.25) is 0 Å². The molecule has 0 bridgehead atoms. The molecular weight excluding hydrogens is 216 g/mol. The van der Waals surface area contributed by atoms with Crippen LogP contribution in [0.15, 0.2) is 30.3 Å². The lowest BCUT2D eigenvalue weighted by Gasteiger charge is -2.18. The molecule has 1 unspecified atom stereocenters. The summed E-state index contributed by atoms with van der Waals surface area (Å²) in [5.74, 6) is 0.872. The number of carbonyl (C=O) groups is 1. The second kappa shape index (κ2) is 6.91. The summed E-state index contributed by atoms with van der Waals surface area (Å²) in [6.07, 6.45) is 0.377. The lowest BCUT2D eigenvalue weighted by molar-refractivity contribution is -0.130. The second-order valence-electron chi connectivity index (χ2n) is 4.16. The summed E-state index contributed by atoms with van der Waals surface area (Å²) in [4.78, 5) is 13.2. The van der Waals surface area contributed by atoms with E-state index in [1.807, 2.05) is 37.3 Å². The van der Waals surface area contributed by atoms with Crippen molar-refractivity contribution in [2.24, 2.45) is 5.73 Å². The van der Waals surface area contributed by atoms with Crippen LogP contribution in [0, 0.1) is 0 Å². The van der Waals surface area contributed by atoms with Gasteiger partial charge in [0.2, 0.25) is 5.91 Å². The molecule has 1 aromatic carbocycles. The van der Waals surface area contributed by atoms with Crippen molar-refractivity contribution in [1.29, 1.82) is 0 Å². The lowest BCUT2D eigenvalue weighted by atomic mass is 10.2. The third-order valence-electron chi connectivity index (χ3n) is 2.36. The van der Waals surface area contributed by atoms with Gasteiger partial charge < -0.3 is 15.4 Å². The number of nitrogens with two attached hydrogens (primary N) is 1. The standard InChI is InChI=1S/C13H20N2O2/c1-11(14)10-13(16)15(2)8-9-17-12-6-4-3-5-7-12/h3-7,11H,8-10,14H2,1-2H3. The molecule has 0 saturated carbocycles. The Hall–Kier alpha value is -1.55. The average Bonchev–Trinajstić information content (AvgIpc) is 2.29. The van der Waals surface area contributed by atoms with Crippen LogP contribution in [-0.2, 0) is 4.79 Å². The molecule has 0 aromatic heterocycles. The van der Waals surface area contributed by atoms with Crippen LogP contribution in [0.25, 0.3) is 0 Å². The topological polar surface area (TPSA) is 55.6 Å². The van der Waals surface area contributed by atoms with E-state index in [0.29, 0.717) is 19.6 Å². The molecule has 94 valence electrons. The summed E-state index contributed by atoms with van der Waals surface area (Å²) in [5.41, 5.74) is 5.57. The zero-order valence-electron chi connectivity index (χ0n) is 10.4. The molecule has 1 aromatic rings. The van der Waals surface area contributed by atoms with Crippen LogP contribution in [0.4, 0.5) is 0 Å². The Bertz CT molecular complexity index is 339. The fourth-order valence-electron chi connectivity index (χ4n) is 1.37. The van der Waals surface area contributed by atoms with Gasteiger partial charge in [0, 0.05) is 19.5 Å². The highest BCUT2D eigenvalue weighted by Crippen LogP contribution is 2.07. The smallest absolute Gasteiger partial charge is 0.223 e. The average molecular weight is 236 g/mol. The van der Waals surface area contributed by atoms with Gasteiger partial charge in [-0.1, -0.05) is 18.2 Å². The Morgan fingerprint density at radius 1 is 1.41 bits per heavy atom. The maximum Gasteiger partial charge on any atom is 0.223 e. The highest BCUT2D eigenvalue weighted by molar-refractivity contribution is 5.76. The van der Waals surface area contributed by atoms with Gasteiger partial charge in [0.05, 0.1) is 6.54 Å². The summed E-state index contributed by atoms with van der Waals surface area (Å²) < 4.78 is 5.51. The van der Waals surface area contributed by atoms with Gasteiger partial charge >= 0.3 is 0 Å². The number of amides is 1. The predicted molar refractivity (Wildman–Crippen MR) is 67.8 cm³/mol. The van der Waals surface area contributed by atoms with E-state index in [-0.39, 0.29) is 11.9 Å². The van der Waals surface area contributed by atoms with Gasteiger partial charge in [-0.2, -0.15) is 0 Å². The molecule has 0 saturated heterocycles. The van der Waals surface area contributed by atoms with Gasteiger partial charge in [-0.25, -0.2) is 0 Å². The number of likely N-dealkylation sites (N-methyl/N-ethyl adjacent to an activating group) is 1. The Morgan fingerprint density at radius 3 is 2.65 bits per heavy atom. The fraction of sp³-hybridized carbons (Fsp3) is 0.462. The maximum absolute atomic E-state index is 11.6. The second-order valence-corrected chi connectivity index (χ2v) is 4.16. The van der Waals surface area contributed by atoms with Crippen molar-refractivity contribution in [2.75, 3.05) is 20.2 Å². The fourth-order valence-corrected chi connectivity index (χ4v) is 1.37. The minimum absolute atomic E-state index is 0.0525. The van der Waals surface area contributed by atoms with Gasteiger partial charge in [0.15, 0.2) is 0 Å². The summed E-state index contributed by atoms with van der Waals surface area (Å²) in [6, 6.07) is 9.46. The number of ether oxygens (including phenoxy) is 1. The molecule has 4 nitrogen and oxygen atoms in total. The number of para-hydroxylation sites is 1. The number of hydrogen-bond acceptors (Lipinski definition) is 3. The number of rotatable bonds is 6. The first kappa shape index (κ1) is 13.5. The van der Waals surface area contributed by atoms with E-state index < -0.39 is 0 Å². The Labute approximate surface area is 102 Å². The van der Waals surface area contributed by atoms with Crippen molar-refractivity contribution >= 4 is 5.91 Å². The summed E-state index contributed by atoms with van der Waals surface area (Å²) in [7, 11) is 1.76. The summed E-state index contributed by atoms with van der Waals surface area (Å²) in [5, 5.41) is 0. The monoisotopic (exact) mass is 236 g/mol. The third-order valence-corrected chi connectivity index (χ3v) is 2.36. The lowest BCUT2D eigenvalue weighted by Crippen LogP contribution is -2.34. The molecule has 0 aliphatic carbocycles. The maximum atomic E-state index is 11.6. The van der Waals surface area contributed by atoms with Crippen LogP contribution in [-0.4, -0.2) is 37.0 Å². The van der Waals surface area contributed by atoms with E-state index in [0.717, 1.165) is 5.75 Å².